The highest BCUT2D eigenvalue weighted by atomic mass is 79.9. The summed E-state index contributed by atoms with van der Waals surface area (Å²) in [5, 5.41) is 11.6. The Morgan fingerprint density at radius 3 is 2.91 bits per heavy atom. The molecule has 0 aliphatic rings. The second-order valence-electron chi connectivity index (χ2n) is 4.58. The van der Waals surface area contributed by atoms with E-state index < -0.39 is 0 Å². The van der Waals surface area contributed by atoms with Crippen molar-refractivity contribution in [2.45, 2.75) is 0 Å². The van der Waals surface area contributed by atoms with Crippen LogP contribution in [0.15, 0.2) is 52.0 Å². The summed E-state index contributed by atoms with van der Waals surface area (Å²) < 4.78 is 16.3. The van der Waals surface area contributed by atoms with Crippen LogP contribution >= 0.6 is 39.7 Å². The molecule has 0 fully saturated rings. The molecule has 0 spiro atoms. The van der Waals surface area contributed by atoms with Crippen LogP contribution in [0.4, 0.5) is 4.39 Å². The van der Waals surface area contributed by atoms with Gasteiger partial charge in [-0.3, -0.25) is 0 Å². The third-order valence-corrected chi connectivity index (χ3v) is 4.00. The van der Waals surface area contributed by atoms with Gasteiger partial charge in [0.2, 0.25) is 4.77 Å². The van der Waals surface area contributed by atoms with E-state index in [0.717, 1.165) is 10.0 Å². The number of rotatable bonds is 3. The zero-order chi connectivity index (χ0) is 16.4. The van der Waals surface area contributed by atoms with Crippen molar-refractivity contribution in [2.75, 3.05) is 0 Å². The van der Waals surface area contributed by atoms with Crippen LogP contribution < -0.4 is 0 Å². The van der Waals surface area contributed by atoms with Crippen LogP contribution in [-0.2, 0) is 0 Å². The summed E-state index contributed by atoms with van der Waals surface area (Å²) in [7, 11) is 0. The Morgan fingerprint density at radius 2 is 2.13 bits per heavy atom. The summed E-state index contributed by atoms with van der Waals surface area (Å²) >= 11 is 14.5. The van der Waals surface area contributed by atoms with Gasteiger partial charge >= 0.3 is 0 Å². The molecule has 1 aromatic heterocycles. The highest BCUT2D eigenvalue weighted by molar-refractivity contribution is 9.10. The van der Waals surface area contributed by atoms with Crippen molar-refractivity contribution >= 4 is 46.0 Å². The fraction of sp³-hybridized carbons (Fsp3) is 0. The first-order valence-electron chi connectivity index (χ1n) is 6.47. The highest BCUT2D eigenvalue weighted by Crippen LogP contribution is 2.21. The smallest absolute Gasteiger partial charge is 0.216 e. The molecule has 1 heterocycles. The molecule has 0 saturated carbocycles. The predicted octanol–water partition coefficient (Wildman–Crippen LogP) is 5.04. The lowest BCUT2D eigenvalue weighted by Crippen LogP contribution is -1.96. The van der Waals surface area contributed by atoms with Gasteiger partial charge in [0.25, 0.3) is 0 Å². The fourth-order valence-corrected chi connectivity index (χ4v) is 2.70. The molecular formula is C15H9BrClFN4S. The van der Waals surface area contributed by atoms with Gasteiger partial charge in [0.05, 0.1) is 6.21 Å². The summed E-state index contributed by atoms with van der Waals surface area (Å²) in [5.41, 5.74) is 1.08. The van der Waals surface area contributed by atoms with Gasteiger partial charge in [0.1, 0.15) is 5.82 Å². The SMILES string of the molecule is Fc1ccc(Br)cc1/C=N/n1c(-c2cccc(Cl)c2)n[nH]c1=S. The number of aromatic nitrogens is 3. The minimum absolute atomic E-state index is 0.298. The Labute approximate surface area is 149 Å². The van der Waals surface area contributed by atoms with Crippen LogP contribution in [0.2, 0.25) is 5.02 Å². The van der Waals surface area contributed by atoms with E-state index in [4.69, 9.17) is 23.8 Å². The van der Waals surface area contributed by atoms with E-state index in [1.807, 2.05) is 6.07 Å². The van der Waals surface area contributed by atoms with Crippen LogP contribution in [0.25, 0.3) is 11.4 Å². The highest BCUT2D eigenvalue weighted by Gasteiger charge is 2.09. The molecule has 0 saturated heterocycles. The maximum atomic E-state index is 13.8. The number of hydrogen-bond donors (Lipinski definition) is 1. The van der Waals surface area contributed by atoms with E-state index in [9.17, 15) is 4.39 Å². The van der Waals surface area contributed by atoms with Gasteiger partial charge in [-0.2, -0.15) is 14.9 Å². The molecule has 3 aromatic rings. The van der Waals surface area contributed by atoms with Gasteiger partial charge in [0.15, 0.2) is 5.82 Å². The lowest BCUT2D eigenvalue weighted by atomic mass is 10.2. The van der Waals surface area contributed by atoms with E-state index in [1.165, 1.54) is 17.0 Å². The minimum atomic E-state index is -0.378. The summed E-state index contributed by atoms with van der Waals surface area (Å²) in [4.78, 5) is 0. The first-order valence-corrected chi connectivity index (χ1v) is 8.05. The quantitative estimate of drug-likeness (QED) is 0.484. The Morgan fingerprint density at radius 1 is 1.30 bits per heavy atom. The number of aromatic amines is 1. The molecule has 23 heavy (non-hydrogen) atoms. The van der Waals surface area contributed by atoms with Crippen LogP contribution in [0.3, 0.4) is 0 Å². The summed E-state index contributed by atoms with van der Waals surface area (Å²) in [5.74, 6) is 0.112. The number of nitrogens with zero attached hydrogens (tertiary/aromatic N) is 3. The Bertz CT molecular complexity index is 951. The summed E-state index contributed by atoms with van der Waals surface area (Å²) in [6.45, 7) is 0. The first-order chi connectivity index (χ1) is 11.0. The van der Waals surface area contributed by atoms with Crippen molar-refractivity contribution < 1.29 is 4.39 Å². The van der Waals surface area contributed by atoms with Crippen molar-refractivity contribution in [1.29, 1.82) is 0 Å². The van der Waals surface area contributed by atoms with Gasteiger partial charge < -0.3 is 0 Å². The molecule has 0 amide bonds. The molecule has 0 bridgehead atoms. The molecule has 8 heteroatoms. The number of nitrogens with one attached hydrogen (secondary N) is 1. The van der Waals surface area contributed by atoms with Crippen molar-refractivity contribution in [2.24, 2.45) is 5.10 Å². The Hall–Kier alpha value is -1.83. The molecule has 0 aliphatic carbocycles. The van der Waals surface area contributed by atoms with Crippen molar-refractivity contribution in [3.63, 3.8) is 0 Å². The Balaban J connectivity index is 2.04. The third kappa shape index (κ3) is 3.57. The van der Waals surface area contributed by atoms with Gasteiger partial charge in [-0.15, -0.1) is 0 Å². The molecule has 4 nitrogen and oxygen atoms in total. The van der Waals surface area contributed by atoms with Crippen LogP contribution in [0, 0.1) is 10.6 Å². The third-order valence-electron chi connectivity index (χ3n) is 3.00. The summed E-state index contributed by atoms with van der Waals surface area (Å²) in [6, 6.07) is 11.8. The van der Waals surface area contributed by atoms with Crippen LogP contribution in [0.1, 0.15) is 5.56 Å². The monoisotopic (exact) mass is 410 g/mol. The zero-order valence-electron chi connectivity index (χ0n) is 11.5. The van der Waals surface area contributed by atoms with Crippen LogP contribution in [0.5, 0.6) is 0 Å². The standard InChI is InChI=1S/C15H9BrClFN4S/c16-11-4-5-13(18)10(6-11)8-19-22-14(20-21-15(22)23)9-2-1-3-12(17)7-9/h1-8H,(H,21,23)/b19-8+. The van der Waals surface area contributed by atoms with E-state index in [-0.39, 0.29) is 5.82 Å². The summed E-state index contributed by atoms with van der Waals surface area (Å²) in [6.07, 6.45) is 1.39. The molecule has 1 N–H and O–H groups in total. The van der Waals surface area contributed by atoms with Crippen molar-refractivity contribution in [3.05, 3.63) is 68.1 Å². The molecule has 0 atom stereocenters. The topological polar surface area (TPSA) is 46.0 Å². The molecule has 2 aromatic carbocycles. The van der Waals surface area contributed by atoms with Crippen LogP contribution in [-0.4, -0.2) is 21.1 Å². The Kier molecular flexibility index (Phi) is 4.70. The van der Waals surface area contributed by atoms with Gasteiger partial charge in [-0.05, 0) is 42.5 Å². The van der Waals surface area contributed by atoms with E-state index in [1.54, 1.807) is 30.3 Å². The van der Waals surface area contributed by atoms with Gasteiger partial charge in [-0.1, -0.05) is 39.7 Å². The number of hydrogen-bond acceptors (Lipinski definition) is 3. The second-order valence-corrected chi connectivity index (χ2v) is 6.32. The molecule has 3 rings (SSSR count). The average molecular weight is 412 g/mol. The van der Waals surface area contributed by atoms with E-state index in [2.05, 4.69) is 31.2 Å². The average Bonchev–Trinajstić information content (AvgIpc) is 2.89. The number of halogens is 3. The second kappa shape index (κ2) is 6.74. The lowest BCUT2D eigenvalue weighted by molar-refractivity contribution is 0.625. The lowest BCUT2D eigenvalue weighted by Gasteiger charge is -2.02. The predicted molar refractivity (Wildman–Crippen MR) is 94.9 cm³/mol. The maximum Gasteiger partial charge on any atom is 0.216 e. The largest absolute Gasteiger partial charge is 0.250 e. The normalized spacial score (nSPS) is 11.3. The zero-order valence-corrected chi connectivity index (χ0v) is 14.7. The first kappa shape index (κ1) is 16.0. The maximum absolute atomic E-state index is 13.8. The molecular weight excluding hydrogens is 403 g/mol. The van der Waals surface area contributed by atoms with Gasteiger partial charge in [-0.25, -0.2) is 9.49 Å². The molecule has 116 valence electrons. The van der Waals surface area contributed by atoms with Gasteiger partial charge in [0, 0.05) is 20.6 Å². The van der Waals surface area contributed by atoms with Crippen molar-refractivity contribution in [3.8, 4) is 11.4 Å². The minimum Gasteiger partial charge on any atom is -0.250 e. The van der Waals surface area contributed by atoms with E-state index in [0.29, 0.717) is 21.2 Å². The number of benzene rings is 2. The molecule has 0 aliphatic heterocycles. The van der Waals surface area contributed by atoms with E-state index >= 15 is 0 Å². The fourth-order valence-electron chi connectivity index (χ4n) is 1.95. The number of H-pyrrole nitrogens is 1. The molecule has 0 radical (unpaired) electrons. The van der Waals surface area contributed by atoms with Crippen molar-refractivity contribution in [1.82, 2.24) is 14.9 Å². The molecule has 0 unspecified atom stereocenters.